The molecule has 0 saturated heterocycles. The van der Waals surface area contributed by atoms with E-state index in [-0.39, 0.29) is 0 Å². The molecule has 1 heteroatoms. The van der Waals surface area contributed by atoms with E-state index in [0.29, 0.717) is 0 Å². The standard InChI is InChI=1S/C19H33N/c1-3-5-6-7-11-15-19(12-4-2)20-17-16-18-13-9-8-10-14-18/h8-10,13-14,19-20H,3-7,11-12,15-17H2,1-2H3. The number of benzene rings is 1. The number of hydrogen-bond acceptors (Lipinski definition) is 1. The van der Waals surface area contributed by atoms with Crippen LogP contribution < -0.4 is 5.32 Å². The highest BCUT2D eigenvalue weighted by Gasteiger charge is 2.06. The highest BCUT2D eigenvalue weighted by Crippen LogP contribution is 2.11. The molecule has 0 saturated carbocycles. The van der Waals surface area contributed by atoms with Crippen LogP contribution in [0.25, 0.3) is 0 Å². The van der Waals surface area contributed by atoms with Crippen molar-refractivity contribution in [3.63, 3.8) is 0 Å². The Hall–Kier alpha value is -0.820. The molecule has 0 amide bonds. The zero-order chi connectivity index (χ0) is 14.5. The van der Waals surface area contributed by atoms with Crippen LogP contribution in [0.4, 0.5) is 0 Å². The maximum Gasteiger partial charge on any atom is 0.00670 e. The molecule has 1 rings (SSSR count). The Morgan fingerprint density at radius 3 is 2.30 bits per heavy atom. The largest absolute Gasteiger partial charge is 0.314 e. The molecule has 1 nitrogen and oxygen atoms in total. The molecule has 0 aliphatic heterocycles. The van der Waals surface area contributed by atoms with Crippen LogP contribution >= 0.6 is 0 Å². The molecule has 1 N–H and O–H groups in total. The van der Waals surface area contributed by atoms with E-state index in [1.165, 1.54) is 56.9 Å². The number of nitrogens with one attached hydrogen (secondary N) is 1. The first-order valence-electron chi connectivity index (χ1n) is 8.64. The van der Waals surface area contributed by atoms with E-state index in [9.17, 15) is 0 Å². The van der Waals surface area contributed by atoms with Crippen LogP contribution in [-0.2, 0) is 6.42 Å². The van der Waals surface area contributed by atoms with Crippen molar-refractivity contribution < 1.29 is 0 Å². The van der Waals surface area contributed by atoms with Gasteiger partial charge in [0.05, 0.1) is 0 Å². The van der Waals surface area contributed by atoms with Gasteiger partial charge in [-0.3, -0.25) is 0 Å². The molecule has 20 heavy (non-hydrogen) atoms. The van der Waals surface area contributed by atoms with Crippen LogP contribution in [0.15, 0.2) is 30.3 Å². The summed E-state index contributed by atoms with van der Waals surface area (Å²) in [6.45, 7) is 5.69. The number of unbranched alkanes of at least 4 members (excludes halogenated alkanes) is 4. The summed E-state index contributed by atoms with van der Waals surface area (Å²) in [5.74, 6) is 0. The van der Waals surface area contributed by atoms with Crippen molar-refractivity contribution in [1.82, 2.24) is 5.32 Å². The lowest BCUT2D eigenvalue weighted by molar-refractivity contribution is 0.429. The Bertz CT molecular complexity index is 307. The van der Waals surface area contributed by atoms with Gasteiger partial charge in [-0.15, -0.1) is 0 Å². The van der Waals surface area contributed by atoms with Gasteiger partial charge < -0.3 is 5.32 Å². The van der Waals surface area contributed by atoms with Crippen molar-refractivity contribution in [1.29, 1.82) is 0 Å². The smallest absolute Gasteiger partial charge is 0.00670 e. The van der Waals surface area contributed by atoms with E-state index in [1.807, 2.05) is 0 Å². The Labute approximate surface area is 126 Å². The molecule has 0 aromatic heterocycles. The van der Waals surface area contributed by atoms with Crippen molar-refractivity contribution in [2.45, 2.75) is 77.7 Å². The van der Waals surface area contributed by atoms with Crippen LogP contribution in [0.3, 0.4) is 0 Å². The van der Waals surface area contributed by atoms with Gasteiger partial charge >= 0.3 is 0 Å². The maximum absolute atomic E-state index is 3.76. The topological polar surface area (TPSA) is 12.0 Å². The molecule has 1 unspecified atom stereocenters. The molecule has 114 valence electrons. The second-order valence-electron chi connectivity index (χ2n) is 5.88. The SMILES string of the molecule is CCCCCCCC(CCC)NCCc1ccccc1. The third-order valence-corrected chi connectivity index (χ3v) is 3.98. The molecule has 0 bridgehead atoms. The van der Waals surface area contributed by atoms with E-state index in [1.54, 1.807) is 0 Å². The third-order valence-electron chi connectivity index (χ3n) is 3.98. The monoisotopic (exact) mass is 275 g/mol. The Morgan fingerprint density at radius 2 is 1.60 bits per heavy atom. The van der Waals surface area contributed by atoms with Crippen LogP contribution in [-0.4, -0.2) is 12.6 Å². The van der Waals surface area contributed by atoms with E-state index in [0.717, 1.165) is 19.0 Å². The second kappa shape index (κ2) is 12.0. The molecule has 0 radical (unpaired) electrons. The third kappa shape index (κ3) is 8.37. The minimum Gasteiger partial charge on any atom is -0.314 e. The predicted octanol–water partition coefficient (Wildman–Crippen LogP) is 5.35. The van der Waals surface area contributed by atoms with Gasteiger partial charge in [0.15, 0.2) is 0 Å². The van der Waals surface area contributed by atoms with Crippen LogP contribution in [0.2, 0.25) is 0 Å². The van der Waals surface area contributed by atoms with E-state index < -0.39 is 0 Å². The molecular formula is C19H33N. The fourth-order valence-electron chi connectivity index (χ4n) is 2.76. The maximum atomic E-state index is 3.76. The van der Waals surface area contributed by atoms with Crippen LogP contribution in [0.5, 0.6) is 0 Å². The molecule has 0 heterocycles. The first-order chi connectivity index (χ1) is 9.86. The summed E-state index contributed by atoms with van der Waals surface area (Å²) in [5, 5.41) is 3.76. The average molecular weight is 275 g/mol. The summed E-state index contributed by atoms with van der Waals surface area (Å²) >= 11 is 0. The van der Waals surface area contributed by atoms with Crippen molar-refractivity contribution in [2.24, 2.45) is 0 Å². The first-order valence-corrected chi connectivity index (χ1v) is 8.64. The van der Waals surface area contributed by atoms with E-state index in [2.05, 4.69) is 49.5 Å². The normalized spacial score (nSPS) is 12.5. The Morgan fingerprint density at radius 1 is 0.850 bits per heavy atom. The van der Waals surface area contributed by atoms with Crippen molar-refractivity contribution in [2.75, 3.05) is 6.54 Å². The quantitative estimate of drug-likeness (QED) is 0.507. The van der Waals surface area contributed by atoms with Gasteiger partial charge in [-0.05, 0) is 31.4 Å². The zero-order valence-corrected chi connectivity index (χ0v) is 13.5. The molecule has 0 aliphatic rings. The van der Waals surface area contributed by atoms with Gasteiger partial charge in [-0.2, -0.15) is 0 Å². The zero-order valence-electron chi connectivity index (χ0n) is 13.5. The lowest BCUT2D eigenvalue weighted by Gasteiger charge is -2.18. The van der Waals surface area contributed by atoms with Crippen molar-refractivity contribution in [3.05, 3.63) is 35.9 Å². The lowest BCUT2D eigenvalue weighted by atomic mass is 10.0. The van der Waals surface area contributed by atoms with Gasteiger partial charge in [0.1, 0.15) is 0 Å². The highest BCUT2D eigenvalue weighted by molar-refractivity contribution is 5.14. The van der Waals surface area contributed by atoms with Crippen molar-refractivity contribution in [3.8, 4) is 0 Å². The summed E-state index contributed by atoms with van der Waals surface area (Å²) in [6.07, 6.45) is 12.1. The average Bonchev–Trinajstić information content (AvgIpc) is 2.48. The minimum atomic E-state index is 0.727. The summed E-state index contributed by atoms with van der Waals surface area (Å²) in [7, 11) is 0. The Kier molecular flexibility index (Phi) is 10.3. The van der Waals surface area contributed by atoms with Crippen LogP contribution in [0.1, 0.15) is 70.8 Å². The van der Waals surface area contributed by atoms with Gasteiger partial charge in [0.25, 0.3) is 0 Å². The number of hydrogen-bond donors (Lipinski definition) is 1. The van der Waals surface area contributed by atoms with Crippen LogP contribution in [0, 0.1) is 0 Å². The minimum absolute atomic E-state index is 0.727. The van der Waals surface area contributed by atoms with Gasteiger partial charge in [0.2, 0.25) is 0 Å². The predicted molar refractivity (Wildman–Crippen MR) is 90.2 cm³/mol. The molecule has 0 spiro atoms. The molecule has 0 fully saturated rings. The molecule has 1 aromatic rings. The van der Waals surface area contributed by atoms with E-state index >= 15 is 0 Å². The highest BCUT2D eigenvalue weighted by atomic mass is 14.9. The van der Waals surface area contributed by atoms with Gasteiger partial charge in [-0.1, -0.05) is 82.7 Å². The summed E-state index contributed by atoms with van der Waals surface area (Å²) in [4.78, 5) is 0. The fourth-order valence-corrected chi connectivity index (χ4v) is 2.76. The molecule has 1 atom stereocenters. The summed E-state index contributed by atoms with van der Waals surface area (Å²) < 4.78 is 0. The number of rotatable bonds is 12. The lowest BCUT2D eigenvalue weighted by Crippen LogP contribution is -2.30. The summed E-state index contributed by atoms with van der Waals surface area (Å²) in [5.41, 5.74) is 1.44. The molecule has 0 aliphatic carbocycles. The first kappa shape index (κ1) is 17.2. The van der Waals surface area contributed by atoms with Crippen molar-refractivity contribution >= 4 is 0 Å². The summed E-state index contributed by atoms with van der Waals surface area (Å²) in [6, 6.07) is 11.5. The fraction of sp³-hybridized carbons (Fsp3) is 0.684. The molecular weight excluding hydrogens is 242 g/mol. The Balaban J connectivity index is 2.14. The molecule has 1 aromatic carbocycles. The van der Waals surface area contributed by atoms with Gasteiger partial charge in [-0.25, -0.2) is 0 Å². The van der Waals surface area contributed by atoms with E-state index in [4.69, 9.17) is 0 Å². The second-order valence-corrected chi connectivity index (χ2v) is 5.88. The van der Waals surface area contributed by atoms with Gasteiger partial charge in [0, 0.05) is 6.04 Å².